The first-order valence-electron chi connectivity index (χ1n) is 7.50. The molecule has 0 radical (unpaired) electrons. The molecule has 1 aliphatic rings. The molecule has 116 valence electrons. The second-order valence-corrected chi connectivity index (χ2v) is 6.98. The topological polar surface area (TPSA) is 59.8 Å². The van der Waals surface area contributed by atoms with Crippen LogP contribution < -0.4 is 5.32 Å². The molecule has 1 N–H and O–H groups in total. The molecule has 0 fully saturated rings. The number of amides is 1. The van der Waals surface area contributed by atoms with Crippen LogP contribution in [0.3, 0.4) is 0 Å². The van der Waals surface area contributed by atoms with Gasteiger partial charge in [-0.15, -0.1) is 10.2 Å². The van der Waals surface area contributed by atoms with Gasteiger partial charge in [0.05, 0.1) is 5.25 Å². The average Bonchev–Trinajstić information content (AvgIpc) is 3.08. The van der Waals surface area contributed by atoms with Crippen molar-refractivity contribution >= 4 is 23.4 Å². The van der Waals surface area contributed by atoms with Crippen LogP contribution in [0.1, 0.15) is 30.3 Å². The maximum Gasteiger partial charge on any atom is 0.237 e. The highest BCUT2D eigenvalue weighted by atomic mass is 32.2. The van der Waals surface area contributed by atoms with Crippen LogP contribution in [0.25, 0.3) is 0 Å². The number of thioether (sulfide) groups is 1. The molecular formula is C16H20N4OS. The van der Waals surface area contributed by atoms with Crippen molar-refractivity contribution in [3.05, 3.63) is 35.2 Å². The quantitative estimate of drug-likeness (QED) is 0.881. The van der Waals surface area contributed by atoms with Crippen LogP contribution in [0, 0.1) is 6.92 Å². The highest BCUT2D eigenvalue weighted by Gasteiger charge is 2.19. The van der Waals surface area contributed by atoms with E-state index in [-0.39, 0.29) is 11.2 Å². The molecule has 0 saturated carbocycles. The molecule has 2 aromatic rings. The van der Waals surface area contributed by atoms with Crippen LogP contribution in [0.5, 0.6) is 0 Å². The molecule has 0 spiro atoms. The van der Waals surface area contributed by atoms with Gasteiger partial charge in [-0.2, -0.15) is 0 Å². The Labute approximate surface area is 134 Å². The van der Waals surface area contributed by atoms with Crippen LogP contribution in [0.15, 0.2) is 23.4 Å². The summed E-state index contributed by atoms with van der Waals surface area (Å²) in [6.45, 7) is 3.78. The van der Waals surface area contributed by atoms with Crippen molar-refractivity contribution in [2.24, 2.45) is 7.05 Å². The molecule has 1 aromatic heterocycles. The third kappa shape index (κ3) is 3.02. The van der Waals surface area contributed by atoms with Gasteiger partial charge >= 0.3 is 0 Å². The molecule has 0 aliphatic heterocycles. The molecular weight excluding hydrogens is 296 g/mol. The van der Waals surface area contributed by atoms with Gasteiger partial charge in [0.1, 0.15) is 5.82 Å². The predicted octanol–water partition coefficient (Wildman–Crippen LogP) is 2.73. The maximum absolute atomic E-state index is 12.3. The van der Waals surface area contributed by atoms with E-state index < -0.39 is 0 Å². The van der Waals surface area contributed by atoms with Crippen LogP contribution in [-0.4, -0.2) is 25.9 Å². The minimum Gasteiger partial charge on any atom is -0.325 e. The lowest BCUT2D eigenvalue weighted by atomic mass is 10.1. The molecule has 0 saturated heterocycles. The molecule has 1 aromatic carbocycles. The number of aromatic nitrogens is 3. The summed E-state index contributed by atoms with van der Waals surface area (Å²) in [7, 11) is 1.91. The van der Waals surface area contributed by atoms with E-state index in [0.29, 0.717) is 0 Å². The summed E-state index contributed by atoms with van der Waals surface area (Å²) in [5.74, 6) is 0.831. The fourth-order valence-corrected chi connectivity index (χ4v) is 3.46. The van der Waals surface area contributed by atoms with Gasteiger partial charge in [0.2, 0.25) is 5.91 Å². The first-order chi connectivity index (χ1) is 10.5. The lowest BCUT2D eigenvalue weighted by Gasteiger charge is -2.12. The van der Waals surface area contributed by atoms with E-state index in [1.54, 1.807) is 0 Å². The smallest absolute Gasteiger partial charge is 0.237 e. The number of hydrogen-bond donors (Lipinski definition) is 1. The minimum absolute atomic E-state index is 0.0106. The van der Waals surface area contributed by atoms with Crippen molar-refractivity contribution in [1.29, 1.82) is 0 Å². The summed E-state index contributed by atoms with van der Waals surface area (Å²) in [4.78, 5) is 12.3. The van der Waals surface area contributed by atoms with Crippen molar-refractivity contribution in [3.8, 4) is 0 Å². The molecule has 5 nitrogen and oxygen atoms in total. The number of rotatable bonds is 4. The van der Waals surface area contributed by atoms with E-state index in [9.17, 15) is 4.79 Å². The van der Waals surface area contributed by atoms with Crippen molar-refractivity contribution < 1.29 is 4.79 Å². The zero-order valence-corrected chi connectivity index (χ0v) is 13.9. The summed E-state index contributed by atoms with van der Waals surface area (Å²) in [5, 5.41) is 11.6. The van der Waals surface area contributed by atoms with E-state index >= 15 is 0 Å². The Bertz CT molecular complexity index is 710. The predicted molar refractivity (Wildman–Crippen MR) is 88.2 cm³/mol. The monoisotopic (exact) mass is 316 g/mol. The van der Waals surface area contributed by atoms with Gasteiger partial charge in [0.25, 0.3) is 0 Å². The molecule has 22 heavy (non-hydrogen) atoms. The van der Waals surface area contributed by atoms with Crippen LogP contribution in [-0.2, 0) is 24.7 Å². The number of nitrogens with zero attached hydrogens (tertiary/aromatic N) is 3. The van der Waals surface area contributed by atoms with Crippen molar-refractivity contribution in [2.45, 2.75) is 43.5 Å². The number of carbonyl (C=O) groups excluding carboxylic acids is 1. The molecule has 6 heteroatoms. The fraction of sp³-hybridized carbons (Fsp3) is 0.438. The number of benzene rings is 1. The first kappa shape index (κ1) is 15.1. The van der Waals surface area contributed by atoms with Crippen molar-refractivity contribution in [2.75, 3.05) is 5.32 Å². The van der Waals surface area contributed by atoms with Crippen molar-refractivity contribution in [3.63, 3.8) is 0 Å². The normalized spacial score (nSPS) is 14.7. The number of nitrogens with one attached hydrogen (secondary N) is 1. The summed E-state index contributed by atoms with van der Waals surface area (Å²) >= 11 is 1.42. The highest BCUT2D eigenvalue weighted by molar-refractivity contribution is 8.00. The van der Waals surface area contributed by atoms with E-state index in [4.69, 9.17) is 0 Å². The zero-order valence-electron chi connectivity index (χ0n) is 13.1. The van der Waals surface area contributed by atoms with E-state index in [0.717, 1.165) is 29.5 Å². The van der Waals surface area contributed by atoms with Gasteiger partial charge in [-0.25, -0.2) is 0 Å². The number of fused-ring (bicyclic) bond motifs is 1. The number of hydrogen-bond acceptors (Lipinski definition) is 4. The molecule has 1 heterocycles. The summed E-state index contributed by atoms with van der Waals surface area (Å²) in [5.41, 5.74) is 3.66. The first-order valence-corrected chi connectivity index (χ1v) is 8.38. The Morgan fingerprint density at radius 1 is 1.32 bits per heavy atom. The standard InChI is InChI=1S/C16H20N4OS/c1-10(22-16-19-18-11(2)20(16)3)15(21)17-14-8-7-12-5-4-6-13(12)9-14/h7-10H,4-6H2,1-3H3,(H,17,21)/t10-/m0/s1. The summed E-state index contributed by atoms with van der Waals surface area (Å²) in [6, 6.07) is 6.22. The Morgan fingerprint density at radius 2 is 2.09 bits per heavy atom. The summed E-state index contributed by atoms with van der Waals surface area (Å²) in [6.07, 6.45) is 3.48. The zero-order chi connectivity index (χ0) is 15.7. The minimum atomic E-state index is -0.226. The molecule has 1 amide bonds. The Morgan fingerprint density at radius 3 is 2.82 bits per heavy atom. The lowest BCUT2D eigenvalue weighted by Crippen LogP contribution is -2.23. The number of carbonyl (C=O) groups is 1. The second kappa shape index (κ2) is 6.12. The number of aryl methyl sites for hydroxylation is 3. The molecule has 1 aliphatic carbocycles. The SMILES string of the molecule is Cc1nnc(S[C@@H](C)C(=O)Nc2ccc3c(c2)CCC3)n1C. The highest BCUT2D eigenvalue weighted by Crippen LogP contribution is 2.26. The van der Waals surface area contributed by atoms with Gasteiger partial charge in [-0.3, -0.25) is 4.79 Å². The van der Waals surface area contributed by atoms with Crippen LogP contribution in [0.2, 0.25) is 0 Å². The van der Waals surface area contributed by atoms with Gasteiger partial charge in [-0.05, 0) is 56.4 Å². The number of anilines is 1. The molecule has 0 bridgehead atoms. The van der Waals surface area contributed by atoms with E-state index in [1.807, 2.05) is 31.5 Å². The molecule has 1 atom stereocenters. The van der Waals surface area contributed by atoms with Gasteiger partial charge in [0, 0.05) is 12.7 Å². The van der Waals surface area contributed by atoms with Crippen LogP contribution in [0.4, 0.5) is 5.69 Å². The van der Waals surface area contributed by atoms with E-state index in [2.05, 4.69) is 27.6 Å². The largest absolute Gasteiger partial charge is 0.325 e. The third-order valence-corrected chi connectivity index (χ3v) is 5.20. The summed E-state index contributed by atoms with van der Waals surface area (Å²) < 4.78 is 1.89. The Balaban J connectivity index is 1.65. The van der Waals surface area contributed by atoms with E-state index in [1.165, 1.54) is 29.3 Å². The fourth-order valence-electron chi connectivity index (χ4n) is 2.60. The lowest BCUT2D eigenvalue weighted by molar-refractivity contribution is -0.115. The maximum atomic E-state index is 12.3. The van der Waals surface area contributed by atoms with Crippen molar-refractivity contribution in [1.82, 2.24) is 14.8 Å². The third-order valence-electron chi connectivity index (χ3n) is 4.07. The molecule has 3 rings (SSSR count). The Kier molecular flexibility index (Phi) is 4.20. The molecule has 0 unspecified atom stereocenters. The van der Waals surface area contributed by atoms with Gasteiger partial charge < -0.3 is 9.88 Å². The van der Waals surface area contributed by atoms with Crippen LogP contribution >= 0.6 is 11.8 Å². The second-order valence-electron chi connectivity index (χ2n) is 5.68. The average molecular weight is 316 g/mol. The Hall–Kier alpha value is -1.82. The van der Waals surface area contributed by atoms with Gasteiger partial charge in [0.15, 0.2) is 5.16 Å². The van der Waals surface area contributed by atoms with Gasteiger partial charge in [-0.1, -0.05) is 17.8 Å².